The second-order valence-corrected chi connectivity index (χ2v) is 6.00. The van der Waals surface area contributed by atoms with Crippen LogP contribution in [-0.4, -0.2) is 10.9 Å². The summed E-state index contributed by atoms with van der Waals surface area (Å²) in [6.07, 6.45) is 8.81. The number of nitrogens with zero attached hydrogens (tertiary/aromatic N) is 1. The molecule has 0 spiro atoms. The molecule has 0 bridgehead atoms. The fraction of sp³-hybridized carbons (Fsp3) is 0.300. The lowest BCUT2D eigenvalue weighted by atomic mass is 10.1. The number of rotatable bonds is 7. The molecule has 3 rings (SSSR count). The van der Waals surface area contributed by atoms with E-state index in [1.165, 1.54) is 0 Å². The van der Waals surface area contributed by atoms with Crippen molar-refractivity contribution in [3.63, 3.8) is 0 Å². The number of carbonyl (C=O) groups excluding carboxylic acids is 1. The Morgan fingerprint density at radius 1 is 1.25 bits per heavy atom. The molecule has 124 valence electrons. The minimum Gasteiger partial charge on any atom is -0.487 e. The number of carbonyl (C=O) groups is 1. The molecule has 24 heavy (non-hydrogen) atoms. The molecule has 4 nitrogen and oxygen atoms in total. The molecule has 1 heterocycles. The van der Waals surface area contributed by atoms with Gasteiger partial charge in [-0.1, -0.05) is 30.4 Å². The monoisotopic (exact) mass is 322 g/mol. The highest BCUT2D eigenvalue weighted by atomic mass is 16.5. The molecule has 1 aromatic heterocycles. The minimum absolute atomic E-state index is 0.103. The second kappa shape index (κ2) is 8.29. The Hall–Kier alpha value is -2.62. The number of benzene rings is 1. The van der Waals surface area contributed by atoms with Gasteiger partial charge < -0.3 is 10.1 Å². The molecular formula is C20H22N2O2. The fourth-order valence-electron chi connectivity index (χ4n) is 2.76. The van der Waals surface area contributed by atoms with Gasteiger partial charge in [0.2, 0.25) is 5.91 Å². The highest BCUT2D eigenvalue weighted by Crippen LogP contribution is 2.20. The maximum absolute atomic E-state index is 12.0. The molecule has 0 saturated carbocycles. The number of amides is 1. The van der Waals surface area contributed by atoms with E-state index in [1.807, 2.05) is 42.5 Å². The molecule has 0 fully saturated rings. The van der Waals surface area contributed by atoms with Gasteiger partial charge in [0.1, 0.15) is 12.4 Å². The molecule has 1 N–H and O–H groups in total. The van der Waals surface area contributed by atoms with Gasteiger partial charge in [0.05, 0.1) is 5.69 Å². The van der Waals surface area contributed by atoms with Crippen LogP contribution in [0, 0.1) is 5.92 Å². The molecule has 0 unspecified atom stereocenters. The van der Waals surface area contributed by atoms with E-state index in [9.17, 15) is 4.79 Å². The quantitative estimate of drug-likeness (QED) is 0.792. The van der Waals surface area contributed by atoms with E-state index in [2.05, 4.69) is 22.5 Å². The van der Waals surface area contributed by atoms with Crippen LogP contribution in [0.25, 0.3) is 0 Å². The average molecular weight is 322 g/mol. The first-order chi connectivity index (χ1) is 11.8. The standard InChI is InChI=1S/C20H22N2O2/c23-20(13-16-6-1-2-7-16)22-14-17-8-5-10-19(12-17)24-15-18-9-3-4-11-21-18/h1,3-6,8-12,16H,2,7,13-15H2,(H,22,23)/t16-/m1/s1. The van der Waals surface area contributed by atoms with Gasteiger partial charge in [0.15, 0.2) is 0 Å². The van der Waals surface area contributed by atoms with Crippen LogP contribution in [0.4, 0.5) is 0 Å². The largest absolute Gasteiger partial charge is 0.487 e. The topological polar surface area (TPSA) is 51.2 Å². The van der Waals surface area contributed by atoms with Crippen molar-refractivity contribution in [3.8, 4) is 5.75 Å². The van der Waals surface area contributed by atoms with Gasteiger partial charge in [0, 0.05) is 19.2 Å². The van der Waals surface area contributed by atoms with Crippen molar-refractivity contribution < 1.29 is 9.53 Å². The summed E-state index contributed by atoms with van der Waals surface area (Å²) in [5, 5.41) is 2.99. The Bertz CT molecular complexity index is 698. The summed E-state index contributed by atoms with van der Waals surface area (Å²) in [4.78, 5) is 16.2. The lowest BCUT2D eigenvalue weighted by molar-refractivity contribution is -0.121. The number of nitrogens with one attached hydrogen (secondary N) is 1. The lowest BCUT2D eigenvalue weighted by Gasteiger charge is -2.10. The van der Waals surface area contributed by atoms with Gasteiger partial charge in [0.25, 0.3) is 0 Å². The Balaban J connectivity index is 1.47. The normalized spacial score (nSPS) is 16.1. The van der Waals surface area contributed by atoms with Crippen LogP contribution in [0.2, 0.25) is 0 Å². The first-order valence-electron chi connectivity index (χ1n) is 8.34. The van der Waals surface area contributed by atoms with Gasteiger partial charge in [-0.3, -0.25) is 9.78 Å². The summed E-state index contributed by atoms with van der Waals surface area (Å²) < 4.78 is 5.76. The summed E-state index contributed by atoms with van der Waals surface area (Å²) in [5.41, 5.74) is 1.92. The maximum atomic E-state index is 12.0. The summed E-state index contributed by atoms with van der Waals surface area (Å²) in [6, 6.07) is 13.6. The van der Waals surface area contributed by atoms with Crippen LogP contribution in [0.3, 0.4) is 0 Å². The summed E-state index contributed by atoms with van der Waals surface area (Å²) in [7, 11) is 0. The van der Waals surface area contributed by atoms with Crippen molar-refractivity contribution in [3.05, 3.63) is 72.1 Å². The molecule has 1 aromatic carbocycles. The predicted molar refractivity (Wildman–Crippen MR) is 93.3 cm³/mol. The molecule has 0 radical (unpaired) electrons. The third-order valence-corrected chi connectivity index (χ3v) is 4.06. The van der Waals surface area contributed by atoms with Crippen molar-refractivity contribution in [2.45, 2.75) is 32.4 Å². The minimum atomic E-state index is 0.103. The van der Waals surface area contributed by atoms with E-state index in [-0.39, 0.29) is 5.91 Å². The van der Waals surface area contributed by atoms with Crippen molar-refractivity contribution in [1.82, 2.24) is 10.3 Å². The molecule has 0 saturated heterocycles. The van der Waals surface area contributed by atoms with Crippen LogP contribution in [0.15, 0.2) is 60.8 Å². The van der Waals surface area contributed by atoms with E-state index in [0.717, 1.165) is 29.8 Å². The second-order valence-electron chi connectivity index (χ2n) is 6.00. The lowest BCUT2D eigenvalue weighted by Crippen LogP contribution is -2.24. The van der Waals surface area contributed by atoms with E-state index >= 15 is 0 Å². The third-order valence-electron chi connectivity index (χ3n) is 4.06. The Labute approximate surface area is 142 Å². The van der Waals surface area contributed by atoms with E-state index in [1.54, 1.807) is 6.20 Å². The maximum Gasteiger partial charge on any atom is 0.220 e. The van der Waals surface area contributed by atoms with Crippen molar-refractivity contribution in [1.29, 1.82) is 0 Å². The molecule has 1 amide bonds. The number of pyridine rings is 1. The zero-order valence-corrected chi connectivity index (χ0v) is 13.7. The van der Waals surface area contributed by atoms with Crippen molar-refractivity contribution in [2.75, 3.05) is 0 Å². The van der Waals surface area contributed by atoms with E-state index in [0.29, 0.717) is 25.5 Å². The van der Waals surface area contributed by atoms with Crippen LogP contribution in [0.1, 0.15) is 30.5 Å². The summed E-state index contributed by atoms with van der Waals surface area (Å²) >= 11 is 0. The highest BCUT2D eigenvalue weighted by molar-refractivity contribution is 5.76. The Morgan fingerprint density at radius 2 is 2.21 bits per heavy atom. The molecule has 1 aliphatic rings. The van der Waals surface area contributed by atoms with Crippen LogP contribution in [-0.2, 0) is 17.9 Å². The van der Waals surface area contributed by atoms with Crippen LogP contribution < -0.4 is 10.1 Å². The first kappa shape index (κ1) is 16.2. The highest BCUT2D eigenvalue weighted by Gasteiger charge is 2.13. The Kier molecular flexibility index (Phi) is 5.61. The third kappa shape index (κ3) is 4.95. The molecule has 1 atom stereocenters. The number of ether oxygens (including phenoxy) is 1. The zero-order chi connectivity index (χ0) is 16.6. The van der Waals surface area contributed by atoms with Crippen LogP contribution in [0.5, 0.6) is 5.75 Å². The molecule has 2 aromatic rings. The first-order valence-corrected chi connectivity index (χ1v) is 8.34. The van der Waals surface area contributed by atoms with Crippen molar-refractivity contribution in [2.24, 2.45) is 5.92 Å². The average Bonchev–Trinajstić information content (AvgIpc) is 3.12. The SMILES string of the molecule is O=C(C[C@@H]1C=CCC1)NCc1cccc(OCc2ccccn2)c1. The van der Waals surface area contributed by atoms with Gasteiger partial charge in [-0.05, 0) is 48.6 Å². The number of aromatic nitrogens is 1. The zero-order valence-electron chi connectivity index (χ0n) is 13.7. The molecule has 0 aliphatic heterocycles. The van der Waals surface area contributed by atoms with Gasteiger partial charge in [-0.15, -0.1) is 0 Å². The predicted octanol–water partition coefficient (Wildman–Crippen LogP) is 3.63. The fourth-order valence-corrected chi connectivity index (χ4v) is 2.76. The smallest absolute Gasteiger partial charge is 0.220 e. The molecular weight excluding hydrogens is 300 g/mol. The molecule has 1 aliphatic carbocycles. The number of hydrogen-bond donors (Lipinski definition) is 1. The van der Waals surface area contributed by atoms with E-state index < -0.39 is 0 Å². The van der Waals surface area contributed by atoms with Gasteiger partial charge in [-0.25, -0.2) is 0 Å². The summed E-state index contributed by atoms with van der Waals surface area (Å²) in [6.45, 7) is 0.959. The molecule has 4 heteroatoms. The summed E-state index contributed by atoms with van der Waals surface area (Å²) in [5.74, 6) is 1.29. The Morgan fingerprint density at radius 3 is 3.00 bits per heavy atom. The van der Waals surface area contributed by atoms with E-state index in [4.69, 9.17) is 4.74 Å². The van der Waals surface area contributed by atoms with Gasteiger partial charge in [-0.2, -0.15) is 0 Å². The van der Waals surface area contributed by atoms with Gasteiger partial charge >= 0.3 is 0 Å². The van der Waals surface area contributed by atoms with Crippen molar-refractivity contribution >= 4 is 5.91 Å². The number of hydrogen-bond acceptors (Lipinski definition) is 3. The van der Waals surface area contributed by atoms with Crippen LogP contribution >= 0.6 is 0 Å². The number of allylic oxidation sites excluding steroid dienone is 2.